The van der Waals surface area contributed by atoms with E-state index in [1.165, 1.54) is 20.3 Å². The second-order valence-electron chi connectivity index (χ2n) is 8.33. The lowest BCUT2D eigenvalue weighted by Crippen LogP contribution is -2.08. The fourth-order valence-electron chi connectivity index (χ4n) is 4.79. The molecular weight excluding hydrogens is 448 g/mol. The summed E-state index contributed by atoms with van der Waals surface area (Å²) in [4.78, 5) is 25.5. The third kappa shape index (κ3) is 4.03. The highest BCUT2D eigenvalue weighted by molar-refractivity contribution is 6.30. The maximum Gasteiger partial charge on any atom is 0.338 e. The largest absolute Gasteiger partial charge is 0.466 e. The Hall–Kier alpha value is -4.70. The van der Waals surface area contributed by atoms with Crippen molar-refractivity contribution in [1.82, 2.24) is 0 Å². The van der Waals surface area contributed by atoms with E-state index >= 15 is 0 Å². The molecule has 4 nitrogen and oxygen atoms in total. The first-order valence-electron chi connectivity index (χ1n) is 11.6. The molecule has 4 heteroatoms. The van der Waals surface area contributed by atoms with Crippen molar-refractivity contribution in [3.63, 3.8) is 0 Å². The molecule has 3 aromatic rings. The second kappa shape index (κ2) is 9.88. The zero-order valence-corrected chi connectivity index (χ0v) is 20.0. The van der Waals surface area contributed by atoms with Crippen LogP contribution in [0.4, 0.5) is 0 Å². The average Bonchev–Trinajstić information content (AvgIpc) is 3.13. The van der Waals surface area contributed by atoms with E-state index in [0.29, 0.717) is 5.56 Å². The van der Waals surface area contributed by atoms with Crippen molar-refractivity contribution in [3.05, 3.63) is 115 Å². The minimum absolute atomic E-state index is 0.151. The van der Waals surface area contributed by atoms with E-state index in [1.807, 2.05) is 72.8 Å². The van der Waals surface area contributed by atoms with Crippen molar-refractivity contribution >= 4 is 28.3 Å². The molecule has 2 aliphatic rings. The van der Waals surface area contributed by atoms with Gasteiger partial charge in [-0.1, -0.05) is 103 Å². The van der Waals surface area contributed by atoms with Crippen molar-refractivity contribution in [2.75, 3.05) is 14.2 Å². The Morgan fingerprint density at radius 2 is 1.11 bits per heavy atom. The molecule has 0 fully saturated rings. The van der Waals surface area contributed by atoms with Gasteiger partial charge in [0, 0.05) is 11.6 Å². The number of ether oxygens (including phenoxy) is 2. The summed E-state index contributed by atoms with van der Waals surface area (Å²) in [5.41, 5.74) is 6.68. The molecule has 0 amide bonds. The van der Waals surface area contributed by atoms with E-state index in [9.17, 15) is 9.59 Å². The number of hydrogen-bond acceptors (Lipinski definition) is 4. The minimum atomic E-state index is -0.626. The van der Waals surface area contributed by atoms with Gasteiger partial charge in [0.1, 0.15) is 0 Å². The minimum Gasteiger partial charge on any atom is -0.466 e. The summed E-state index contributed by atoms with van der Waals surface area (Å²) in [6.45, 7) is 0. The molecule has 0 atom stereocenters. The quantitative estimate of drug-likeness (QED) is 0.204. The van der Waals surface area contributed by atoms with Crippen LogP contribution in [0.1, 0.15) is 5.56 Å². The molecule has 2 aliphatic carbocycles. The van der Waals surface area contributed by atoms with E-state index in [1.54, 1.807) is 0 Å². The molecule has 0 heterocycles. The first-order chi connectivity index (χ1) is 17.6. The maximum absolute atomic E-state index is 13.1. The number of hydrogen-bond donors (Lipinski definition) is 0. The van der Waals surface area contributed by atoms with Gasteiger partial charge >= 0.3 is 11.9 Å². The number of esters is 2. The van der Waals surface area contributed by atoms with Crippen LogP contribution in [0.3, 0.4) is 0 Å². The molecule has 0 unspecified atom stereocenters. The van der Waals surface area contributed by atoms with Crippen LogP contribution in [-0.4, -0.2) is 26.2 Å². The molecule has 0 aliphatic heterocycles. The van der Waals surface area contributed by atoms with E-state index in [2.05, 4.69) is 30.3 Å². The third-order valence-corrected chi connectivity index (χ3v) is 6.34. The number of benzene rings is 3. The summed E-state index contributed by atoms with van der Waals surface area (Å²) < 4.78 is 10.0. The Morgan fingerprint density at radius 1 is 0.583 bits per heavy atom. The van der Waals surface area contributed by atoms with Gasteiger partial charge in [-0.05, 0) is 44.2 Å². The monoisotopic (exact) mass is 472 g/mol. The van der Waals surface area contributed by atoms with Gasteiger partial charge in [-0.2, -0.15) is 0 Å². The molecule has 5 rings (SSSR count). The number of fused-ring (bicyclic) bond motifs is 3. The van der Waals surface area contributed by atoms with Crippen LogP contribution in [-0.2, 0) is 19.1 Å². The van der Waals surface area contributed by atoms with Crippen molar-refractivity contribution in [2.24, 2.45) is 0 Å². The van der Waals surface area contributed by atoms with Gasteiger partial charge in [-0.15, -0.1) is 0 Å². The Balaban J connectivity index is 2.00. The van der Waals surface area contributed by atoms with Crippen molar-refractivity contribution < 1.29 is 19.1 Å². The van der Waals surface area contributed by atoms with Crippen LogP contribution in [0.25, 0.3) is 49.7 Å². The highest BCUT2D eigenvalue weighted by Crippen LogP contribution is 2.50. The van der Waals surface area contributed by atoms with Gasteiger partial charge in [-0.25, -0.2) is 9.59 Å². The highest BCUT2D eigenvalue weighted by Gasteiger charge is 2.29. The first-order valence-corrected chi connectivity index (χ1v) is 11.6. The number of rotatable bonds is 5. The van der Waals surface area contributed by atoms with Crippen LogP contribution in [0.5, 0.6) is 0 Å². The zero-order chi connectivity index (χ0) is 25.1. The molecule has 0 radical (unpaired) electrons. The van der Waals surface area contributed by atoms with Crippen LogP contribution in [0, 0.1) is 0 Å². The van der Waals surface area contributed by atoms with Gasteiger partial charge < -0.3 is 9.47 Å². The lowest BCUT2D eigenvalue weighted by Gasteiger charge is -2.13. The van der Waals surface area contributed by atoms with Crippen LogP contribution < -0.4 is 0 Å². The second-order valence-corrected chi connectivity index (χ2v) is 8.33. The van der Waals surface area contributed by atoms with Crippen molar-refractivity contribution in [3.8, 4) is 33.4 Å². The van der Waals surface area contributed by atoms with E-state index < -0.39 is 11.9 Å². The molecule has 0 N–H and O–H groups in total. The number of carbonyl (C=O) groups excluding carboxylic acids is 2. The average molecular weight is 473 g/mol. The summed E-state index contributed by atoms with van der Waals surface area (Å²) in [6, 6.07) is 34.3. The summed E-state index contributed by atoms with van der Waals surface area (Å²) in [6.07, 6.45) is 1.22. The molecule has 0 bridgehead atoms. The summed E-state index contributed by atoms with van der Waals surface area (Å²) >= 11 is 0. The predicted molar refractivity (Wildman–Crippen MR) is 143 cm³/mol. The molecule has 0 spiro atoms. The molecule has 0 saturated carbocycles. The van der Waals surface area contributed by atoms with Gasteiger partial charge in [0.05, 0.1) is 19.8 Å². The molecule has 176 valence electrons. The third-order valence-electron chi connectivity index (χ3n) is 6.34. The van der Waals surface area contributed by atoms with Gasteiger partial charge in [0.15, 0.2) is 0 Å². The number of methoxy groups -OCH3 is 2. The van der Waals surface area contributed by atoms with Gasteiger partial charge in [-0.3, -0.25) is 0 Å². The maximum atomic E-state index is 13.1. The Morgan fingerprint density at radius 3 is 1.67 bits per heavy atom. The topological polar surface area (TPSA) is 52.6 Å². The smallest absolute Gasteiger partial charge is 0.338 e. The van der Waals surface area contributed by atoms with Crippen LogP contribution in [0.2, 0.25) is 0 Å². The Kier molecular flexibility index (Phi) is 6.33. The van der Waals surface area contributed by atoms with E-state index in [0.717, 1.165) is 44.2 Å². The summed E-state index contributed by atoms with van der Waals surface area (Å²) in [5, 5.41) is 1.84. The SMILES string of the molecule is COC(=O)/C=C(/C(=O)OC)c1c2c(-c3ccccc3)cccc(-c3ccccc3)c-2c2ccccc12. The van der Waals surface area contributed by atoms with Crippen molar-refractivity contribution in [1.29, 1.82) is 0 Å². The Labute approximate surface area is 209 Å². The van der Waals surface area contributed by atoms with Crippen LogP contribution >= 0.6 is 0 Å². The first kappa shape index (κ1) is 23.1. The molecule has 0 aromatic heterocycles. The van der Waals surface area contributed by atoms with Crippen LogP contribution in [0.15, 0.2) is 109 Å². The summed E-state index contributed by atoms with van der Waals surface area (Å²) in [7, 11) is 2.60. The predicted octanol–water partition coefficient (Wildman–Crippen LogP) is 7.01. The van der Waals surface area contributed by atoms with E-state index in [-0.39, 0.29) is 5.57 Å². The zero-order valence-electron chi connectivity index (χ0n) is 20.0. The standard InChI is InChI=1S/C32H24O4/c1-35-28(33)20-27(32(34)36-2)30-26-17-10-9-16-25(26)29-23(21-12-5-3-6-13-21)18-11-19-24(31(29)30)22-14-7-4-8-15-22/h3-20H,1-2H3/b27-20+. The normalized spacial score (nSPS) is 11.4. The lowest BCUT2D eigenvalue weighted by molar-refractivity contribution is -0.136. The molecule has 3 aromatic carbocycles. The lowest BCUT2D eigenvalue weighted by atomic mass is 9.90. The molecule has 36 heavy (non-hydrogen) atoms. The number of carbonyl (C=O) groups is 2. The van der Waals surface area contributed by atoms with E-state index in [4.69, 9.17) is 9.47 Å². The van der Waals surface area contributed by atoms with Crippen molar-refractivity contribution in [2.45, 2.75) is 0 Å². The fraction of sp³-hybridized carbons (Fsp3) is 0.0625. The fourth-order valence-corrected chi connectivity index (χ4v) is 4.79. The molecule has 0 saturated heterocycles. The molecular formula is C32H24O4. The van der Waals surface area contributed by atoms with Gasteiger partial charge in [0.2, 0.25) is 0 Å². The Bertz CT molecular complexity index is 1570. The van der Waals surface area contributed by atoms with Gasteiger partial charge in [0.25, 0.3) is 0 Å². The highest BCUT2D eigenvalue weighted by atomic mass is 16.5. The summed E-state index contributed by atoms with van der Waals surface area (Å²) in [5.74, 6) is -1.23.